The van der Waals surface area contributed by atoms with Gasteiger partial charge in [0.25, 0.3) is 0 Å². The number of nitrogens with zero attached hydrogens (tertiary/aromatic N) is 3. The number of aliphatic hydroxyl groups excluding tert-OH is 1. The van der Waals surface area contributed by atoms with E-state index in [0.717, 1.165) is 55.3 Å². The van der Waals surface area contributed by atoms with Crippen molar-refractivity contribution in [2.75, 3.05) is 32.0 Å². The molecular weight excluding hydrogens is 374 g/mol. The second-order valence-electron chi connectivity index (χ2n) is 6.38. The summed E-state index contributed by atoms with van der Waals surface area (Å²) in [5.74, 6) is 0.772. The number of aliphatic hydroxyl groups is 1. The van der Waals surface area contributed by atoms with Gasteiger partial charge in [0, 0.05) is 18.7 Å². The predicted octanol–water partition coefficient (Wildman–Crippen LogP) is 2.46. The Hall–Kier alpha value is -1.32. The van der Waals surface area contributed by atoms with Gasteiger partial charge in [0.15, 0.2) is 0 Å². The summed E-state index contributed by atoms with van der Waals surface area (Å²) in [4.78, 5) is 13.5. The molecular formula is C17H24ClN5O2S. The molecule has 2 aliphatic rings. The fourth-order valence-corrected chi connectivity index (χ4v) is 4.27. The molecule has 7 nitrogen and oxygen atoms in total. The van der Waals surface area contributed by atoms with Gasteiger partial charge in [-0.25, -0.2) is 15.0 Å². The number of nitrogens with one attached hydrogen (secondary N) is 1. The predicted molar refractivity (Wildman–Crippen MR) is 103 cm³/mol. The van der Waals surface area contributed by atoms with Crippen molar-refractivity contribution in [1.29, 1.82) is 0 Å². The lowest BCUT2D eigenvalue weighted by Gasteiger charge is -2.20. The molecule has 0 aliphatic carbocycles. The van der Waals surface area contributed by atoms with Crippen molar-refractivity contribution in [2.45, 2.75) is 37.7 Å². The van der Waals surface area contributed by atoms with Crippen LogP contribution in [0.5, 0.6) is 0 Å². The lowest BCUT2D eigenvalue weighted by Crippen LogP contribution is -2.26. The lowest BCUT2D eigenvalue weighted by atomic mass is 9.99. The average molecular weight is 398 g/mol. The van der Waals surface area contributed by atoms with Crippen molar-refractivity contribution in [1.82, 2.24) is 20.3 Å². The van der Waals surface area contributed by atoms with Crippen LogP contribution < -0.4 is 11.1 Å². The maximum atomic E-state index is 8.78. The first kappa shape index (κ1) is 19.4. The zero-order valence-electron chi connectivity index (χ0n) is 14.5. The largest absolute Gasteiger partial charge is 0.391 e. The Labute approximate surface area is 162 Å². The summed E-state index contributed by atoms with van der Waals surface area (Å²) in [6.07, 6.45) is 7.37. The molecule has 142 valence electrons. The summed E-state index contributed by atoms with van der Waals surface area (Å²) in [7, 11) is 0. The normalized spacial score (nSPS) is 21.1. The highest BCUT2D eigenvalue weighted by atomic mass is 35.5. The van der Waals surface area contributed by atoms with E-state index in [9.17, 15) is 0 Å². The first-order valence-corrected chi connectivity index (χ1v) is 10.0. The van der Waals surface area contributed by atoms with E-state index >= 15 is 0 Å². The number of nitrogen functional groups attached to an aromatic ring is 1. The van der Waals surface area contributed by atoms with E-state index in [1.54, 1.807) is 11.3 Å². The van der Waals surface area contributed by atoms with Gasteiger partial charge >= 0.3 is 0 Å². The van der Waals surface area contributed by atoms with E-state index < -0.39 is 0 Å². The summed E-state index contributed by atoms with van der Waals surface area (Å²) >= 11 is 7.76. The molecule has 4 N–H and O–H groups in total. The van der Waals surface area contributed by atoms with E-state index in [4.69, 9.17) is 27.2 Å². The molecule has 9 heteroatoms. The van der Waals surface area contributed by atoms with Crippen LogP contribution in [0.25, 0.3) is 10.6 Å². The van der Waals surface area contributed by atoms with Crippen LogP contribution in [0.2, 0.25) is 5.02 Å². The van der Waals surface area contributed by atoms with E-state index in [0.29, 0.717) is 23.2 Å². The number of anilines is 1. The molecule has 0 amide bonds. The number of ether oxygens (including phenoxy) is 1. The van der Waals surface area contributed by atoms with Gasteiger partial charge in [-0.15, -0.1) is 11.3 Å². The molecule has 0 saturated carbocycles. The Bertz CT molecular complexity index is 702. The smallest absolute Gasteiger partial charge is 0.220 e. The van der Waals surface area contributed by atoms with Crippen LogP contribution in [0.1, 0.15) is 36.6 Å². The molecule has 4 rings (SSSR count). The zero-order valence-corrected chi connectivity index (χ0v) is 16.1. The molecule has 1 unspecified atom stereocenters. The minimum absolute atomic E-state index is 0.186. The number of hydrogen-bond acceptors (Lipinski definition) is 8. The van der Waals surface area contributed by atoms with Gasteiger partial charge < -0.3 is 20.9 Å². The number of aromatic nitrogens is 3. The highest BCUT2D eigenvalue weighted by Gasteiger charge is 2.20. The molecule has 0 radical (unpaired) electrons. The molecule has 0 spiro atoms. The van der Waals surface area contributed by atoms with Crippen LogP contribution in [0.15, 0.2) is 12.4 Å². The number of rotatable bonds is 2. The number of piperidine rings is 1. The summed E-state index contributed by atoms with van der Waals surface area (Å²) in [5.41, 5.74) is 6.28. The van der Waals surface area contributed by atoms with E-state index in [1.165, 1.54) is 6.20 Å². The Morgan fingerprint density at radius 1 is 1.23 bits per heavy atom. The van der Waals surface area contributed by atoms with Gasteiger partial charge in [-0.1, -0.05) is 11.6 Å². The number of halogens is 1. The number of thiazole rings is 1. The summed E-state index contributed by atoms with van der Waals surface area (Å²) in [5, 5.41) is 13.8. The number of nitrogens with two attached hydrogens (primary N) is 1. The van der Waals surface area contributed by atoms with Crippen molar-refractivity contribution in [3.63, 3.8) is 0 Å². The summed E-state index contributed by atoms with van der Waals surface area (Å²) < 4.78 is 4.93. The summed E-state index contributed by atoms with van der Waals surface area (Å²) in [6, 6.07) is 0. The molecule has 2 fully saturated rings. The molecule has 4 heterocycles. The summed E-state index contributed by atoms with van der Waals surface area (Å²) in [6.45, 7) is 3.48. The highest BCUT2D eigenvalue weighted by Crippen LogP contribution is 2.35. The van der Waals surface area contributed by atoms with E-state index in [1.807, 2.05) is 6.20 Å². The minimum Gasteiger partial charge on any atom is -0.391 e. The van der Waals surface area contributed by atoms with Crippen molar-refractivity contribution in [2.24, 2.45) is 0 Å². The van der Waals surface area contributed by atoms with Crippen LogP contribution in [0.3, 0.4) is 0 Å². The quantitative estimate of drug-likeness (QED) is 0.714. The maximum Gasteiger partial charge on any atom is 0.220 e. The molecule has 2 aromatic rings. The van der Waals surface area contributed by atoms with Crippen LogP contribution in [0.4, 0.5) is 5.95 Å². The van der Waals surface area contributed by atoms with Crippen LogP contribution in [-0.4, -0.2) is 52.5 Å². The SMILES string of the molecule is Nc1ncc(Cl)c(-c2cnc(C3CCNCC3)s2)n1.OC1CCCOC1. The van der Waals surface area contributed by atoms with Gasteiger partial charge in [-0.2, -0.15) is 0 Å². The molecule has 0 bridgehead atoms. The molecule has 1 atom stereocenters. The highest BCUT2D eigenvalue weighted by molar-refractivity contribution is 7.15. The van der Waals surface area contributed by atoms with Gasteiger partial charge in [0.05, 0.1) is 33.8 Å². The fraction of sp³-hybridized carbons (Fsp3) is 0.588. The fourth-order valence-electron chi connectivity index (χ4n) is 2.93. The number of hydrogen-bond donors (Lipinski definition) is 3. The first-order chi connectivity index (χ1) is 12.6. The third-order valence-corrected chi connectivity index (χ3v) is 5.79. The average Bonchev–Trinajstić information content (AvgIpc) is 3.16. The Morgan fingerprint density at radius 3 is 2.69 bits per heavy atom. The van der Waals surface area contributed by atoms with Gasteiger partial charge in [-0.05, 0) is 38.8 Å². The maximum absolute atomic E-state index is 8.78. The Kier molecular flexibility index (Phi) is 7.15. The topological polar surface area (TPSA) is 106 Å². The van der Waals surface area contributed by atoms with Crippen molar-refractivity contribution in [3.05, 3.63) is 22.4 Å². The van der Waals surface area contributed by atoms with Crippen molar-refractivity contribution in [3.8, 4) is 10.6 Å². The Balaban J connectivity index is 0.000000236. The van der Waals surface area contributed by atoms with Crippen LogP contribution in [-0.2, 0) is 4.74 Å². The van der Waals surface area contributed by atoms with E-state index in [2.05, 4.69) is 20.3 Å². The van der Waals surface area contributed by atoms with Crippen LogP contribution in [0, 0.1) is 0 Å². The molecule has 2 aliphatic heterocycles. The first-order valence-electron chi connectivity index (χ1n) is 8.84. The van der Waals surface area contributed by atoms with Gasteiger partial charge in [0.1, 0.15) is 5.69 Å². The minimum atomic E-state index is -0.186. The molecule has 2 aromatic heterocycles. The van der Waals surface area contributed by atoms with Crippen molar-refractivity contribution >= 4 is 28.9 Å². The van der Waals surface area contributed by atoms with E-state index in [-0.39, 0.29) is 12.1 Å². The zero-order chi connectivity index (χ0) is 18.4. The third kappa shape index (κ3) is 5.34. The molecule has 26 heavy (non-hydrogen) atoms. The third-order valence-electron chi connectivity index (χ3n) is 4.34. The lowest BCUT2D eigenvalue weighted by molar-refractivity contribution is -0.00535. The van der Waals surface area contributed by atoms with Gasteiger partial charge in [0.2, 0.25) is 5.95 Å². The molecule has 2 saturated heterocycles. The van der Waals surface area contributed by atoms with Crippen LogP contribution >= 0.6 is 22.9 Å². The molecule has 0 aromatic carbocycles. The monoisotopic (exact) mass is 397 g/mol. The second-order valence-corrected chi connectivity index (χ2v) is 7.85. The standard InChI is InChI=1S/C12H14ClN5S.C5H10O2/c13-8-5-17-12(14)18-10(8)9-6-16-11(19-9)7-1-3-15-4-2-7;6-5-2-1-3-7-4-5/h5-7,15H,1-4H2,(H2,14,17,18);5-6H,1-4H2. The Morgan fingerprint density at radius 2 is 2.04 bits per heavy atom. The van der Waals surface area contributed by atoms with Gasteiger partial charge in [-0.3, -0.25) is 0 Å². The van der Waals surface area contributed by atoms with Crippen molar-refractivity contribution < 1.29 is 9.84 Å². The second kappa shape index (κ2) is 9.57.